The van der Waals surface area contributed by atoms with Crippen LogP contribution in [0.3, 0.4) is 0 Å². The molecule has 26 heavy (non-hydrogen) atoms. The minimum atomic E-state index is 0.783. The lowest BCUT2D eigenvalue weighted by atomic mass is 10.0. The molecule has 1 saturated heterocycles. The summed E-state index contributed by atoms with van der Waals surface area (Å²) >= 11 is 6.22. The molecular weight excluding hydrogens is 346 g/mol. The van der Waals surface area contributed by atoms with E-state index in [-0.39, 0.29) is 0 Å². The summed E-state index contributed by atoms with van der Waals surface area (Å²) < 4.78 is 0. The molecule has 6 heteroatoms. The Bertz CT molecular complexity index is 945. The second-order valence-corrected chi connectivity index (χ2v) is 7.66. The number of hydrogen-bond donors (Lipinski definition) is 1. The number of hydrogen-bond acceptors (Lipinski definition) is 4. The molecule has 134 valence electrons. The molecule has 0 bridgehead atoms. The molecule has 3 aromatic rings. The molecule has 5 rings (SSSR count). The number of aromatic nitrogens is 3. The quantitative estimate of drug-likeness (QED) is 0.738. The molecule has 2 aliphatic heterocycles. The number of aromatic amines is 1. The highest BCUT2D eigenvalue weighted by Crippen LogP contribution is 2.32. The van der Waals surface area contributed by atoms with Gasteiger partial charge in [0.1, 0.15) is 18.0 Å². The first kappa shape index (κ1) is 15.9. The molecule has 2 aliphatic rings. The van der Waals surface area contributed by atoms with Crippen molar-refractivity contribution in [2.75, 3.05) is 29.4 Å². The molecule has 0 spiro atoms. The summed E-state index contributed by atoms with van der Waals surface area (Å²) in [5.74, 6) is 2.07. The number of benzene rings is 1. The van der Waals surface area contributed by atoms with E-state index in [1.165, 1.54) is 35.9 Å². The third-order valence-corrected chi connectivity index (χ3v) is 5.81. The van der Waals surface area contributed by atoms with Crippen LogP contribution in [0.1, 0.15) is 30.5 Å². The van der Waals surface area contributed by atoms with Crippen molar-refractivity contribution in [3.8, 4) is 0 Å². The lowest BCUT2D eigenvalue weighted by Crippen LogP contribution is -2.32. The Hall–Kier alpha value is -2.27. The van der Waals surface area contributed by atoms with Gasteiger partial charge in [0, 0.05) is 65.8 Å². The molecule has 0 aliphatic carbocycles. The number of halogens is 1. The van der Waals surface area contributed by atoms with Crippen LogP contribution in [0.5, 0.6) is 0 Å². The van der Waals surface area contributed by atoms with E-state index in [0.29, 0.717) is 0 Å². The topological polar surface area (TPSA) is 48.1 Å². The van der Waals surface area contributed by atoms with Gasteiger partial charge in [-0.25, -0.2) is 9.97 Å². The number of fused-ring (bicyclic) bond motifs is 3. The fraction of sp³-hybridized carbons (Fsp3) is 0.400. The molecule has 0 radical (unpaired) electrons. The van der Waals surface area contributed by atoms with E-state index in [4.69, 9.17) is 11.6 Å². The largest absolute Gasteiger partial charge is 0.358 e. The summed E-state index contributed by atoms with van der Waals surface area (Å²) in [6.45, 7) is 4.01. The normalized spacial score (nSPS) is 17.6. The Morgan fingerprint density at radius 3 is 2.58 bits per heavy atom. The van der Waals surface area contributed by atoms with Gasteiger partial charge >= 0.3 is 0 Å². The maximum absolute atomic E-state index is 6.22. The van der Waals surface area contributed by atoms with Crippen molar-refractivity contribution < 1.29 is 0 Å². The lowest BCUT2D eigenvalue weighted by molar-refractivity contribution is 0.572. The number of nitrogens with one attached hydrogen (secondary N) is 1. The van der Waals surface area contributed by atoms with E-state index < -0.39 is 0 Å². The molecule has 0 amide bonds. The summed E-state index contributed by atoms with van der Waals surface area (Å²) in [6.07, 6.45) is 6.53. The number of H-pyrrole nitrogens is 1. The van der Waals surface area contributed by atoms with Gasteiger partial charge in [0.25, 0.3) is 0 Å². The van der Waals surface area contributed by atoms with Gasteiger partial charge in [0.2, 0.25) is 0 Å². The van der Waals surface area contributed by atoms with Crippen LogP contribution >= 0.6 is 11.6 Å². The second kappa shape index (κ2) is 6.47. The first-order valence-corrected chi connectivity index (χ1v) is 9.77. The highest BCUT2D eigenvalue weighted by molar-refractivity contribution is 6.31. The van der Waals surface area contributed by atoms with Crippen LogP contribution in [-0.4, -0.2) is 34.6 Å². The van der Waals surface area contributed by atoms with Crippen LogP contribution in [0, 0.1) is 0 Å². The third kappa shape index (κ3) is 2.80. The monoisotopic (exact) mass is 367 g/mol. The standard InChI is InChI=1S/C20H22ClN5/c21-14-4-5-17-15(10-14)16-12-26(9-6-18(16)24-17)20-11-19(22-13-23-20)25-7-2-1-3-8-25/h4-5,10-11,13,24H,1-3,6-9,12H2. The second-order valence-electron chi connectivity index (χ2n) is 7.23. The maximum Gasteiger partial charge on any atom is 0.134 e. The fourth-order valence-electron chi connectivity index (χ4n) is 4.19. The van der Waals surface area contributed by atoms with Crippen molar-refractivity contribution in [1.29, 1.82) is 0 Å². The Balaban J connectivity index is 1.45. The summed E-state index contributed by atoms with van der Waals surface area (Å²) in [4.78, 5) is 17.4. The van der Waals surface area contributed by atoms with Crippen molar-refractivity contribution in [3.05, 3.63) is 46.9 Å². The van der Waals surface area contributed by atoms with Crippen LogP contribution in [0.15, 0.2) is 30.6 Å². The molecule has 1 N–H and O–H groups in total. The zero-order valence-electron chi connectivity index (χ0n) is 14.7. The van der Waals surface area contributed by atoms with Gasteiger partial charge in [-0.05, 0) is 37.5 Å². The summed E-state index contributed by atoms with van der Waals surface area (Å²) in [5.41, 5.74) is 3.83. The summed E-state index contributed by atoms with van der Waals surface area (Å²) in [5, 5.41) is 2.01. The van der Waals surface area contributed by atoms with E-state index >= 15 is 0 Å². The number of anilines is 2. The summed E-state index contributed by atoms with van der Waals surface area (Å²) in [6, 6.07) is 8.23. The van der Waals surface area contributed by atoms with Gasteiger partial charge in [0.15, 0.2) is 0 Å². The molecular formula is C20H22ClN5. The highest BCUT2D eigenvalue weighted by atomic mass is 35.5. The van der Waals surface area contributed by atoms with Crippen molar-refractivity contribution in [2.45, 2.75) is 32.2 Å². The first-order chi connectivity index (χ1) is 12.8. The minimum Gasteiger partial charge on any atom is -0.358 e. The zero-order valence-corrected chi connectivity index (χ0v) is 15.5. The van der Waals surface area contributed by atoms with E-state index in [1.807, 2.05) is 6.07 Å². The van der Waals surface area contributed by atoms with Crippen LogP contribution in [0.2, 0.25) is 5.02 Å². The molecule has 0 saturated carbocycles. The van der Waals surface area contributed by atoms with Gasteiger partial charge in [-0.3, -0.25) is 0 Å². The number of piperidine rings is 1. The molecule has 0 unspecified atom stereocenters. The van der Waals surface area contributed by atoms with E-state index in [9.17, 15) is 0 Å². The molecule has 2 aromatic heterocycles. The Labute approximate surface area is 158 Å². The van der Waals surface area contributed by atoms with Crippen LogP contribution in [0.25, 0.3) is 10.9 Å². The van der Waals surface area contributed by atoms with Crippen molar-refractivity contribution in [1.82, 2.24) is 15.0 Å². The average molecular weight is 368 g/mol. The van der Waals surface area contributed by atoms with E-state index in [1.54, 1.807) is 6.33 Å². The van der Waals surface area contributed by atoms with Gasteiger partial charge in [0.05, 0.1) is 0 Å². The van der Waals surface area contributed by atoms with E-state index in [2.05, 4.69) is 43.0 Å². The zero-order chi connectivity index (χ0) is 17.5. The Morgan fingerprint density at radius 2 is 1.73 bits per heavy atom. The van der Waals surface area contributed by atoms with Crippen LogP contribution < -0.4 is 9.80 Å². The number of rotatable bonds is 2. The lowest BCUT2D eigenvalue weighted by Gasteiger charge is -2.31. The molecule has 1 fully saturated rings. The SMILES string of the molecule is Clc1ccc2[nH]c3c(c2c1)CN(c1cc(N2CCCCC2)ncn1)CC3. The molecule has 0 atom stereocenters. The predicted molar refractivity (Wildman–Crippen MR) is 106 cm³/mol. The van der Waals surface area contributed by atoms with Gasteiger partial charge in [-0.1, -0.05) is 11.6 Å². The number of nitrogens with zero attached hydrogens (tertiary/aromatic N) is 4. The average Bonchev–Trinajstić information content (AvgIpc) is 3.06. The highest BCUT2D eigenvalue weighted by Gasteiger charge is 2.23. The predicted octanol–water partition coefficient (Wildman–Crippen LogP) is 4.16. The minimum absolute atomic E-state index is 0.783. The van der Waals surface area contributed by atoms with Crippen LogP contribution in [0.4, 0.5) is 11.6 Å². The third-order valence-electron chi connectivity index (χ3n) is 5.58. The first-order valence-electron chi connectivity index (χ1n) is 9.39. The Morgan fingerprint density at radius 1 is 0.923 bits per heavy atom. The molecule has 4 heterocycles. The van der Waals surface area contributed by atoms with Crippen molar-refractivity contribution in [3.63, 3.8) is 0 Å². The van der Waals surface area contributed by atoms with Gasteiger partial charge in [-0.2, -0.15) is 0 Å². The smallest absolute Gasteiger partial charge is 0.134 e. The van der Waals surface area contributed by atoms with Crippen molar-refractivity contribution >= 4 is 34.1 Å². The Kier molecular flexibility index (Phi) is 3.97. The maximum atomic E-state index is 6.22. The van der Waals surface area contributed by atoms with Crippen LogP contribution in [-0.2, 0) is 13.0 Å². The van der Waals surface area contributed by atoms with Gasteiger partial charge < -0.3 is 14.8 Å². The fourth-order valence-corrected chi connectivity index (χ4v) is 4.36. The van der Waals surface area contributed by atoms with E-state index in [0.717, 1.165) is 54.8 Å². The van der Waals surface area contributed by atoms with Gasteiger partial charge in [-0.15, -0.1) is 0 Å². The molecule has 1 aromatic carbocycles. The van der Waals surface area contributed by atoms with Crippen molar-refractivity contribution in [2.24, 2.45) is 0 Å². The summed E-state index contributed by atoms with van der Waals surface area (Å²) in [7, 11) is 0. The molecule has 5 nitrogen and oxygen atoms in total.